The molecule has 0 spiro atoms. The third-order valence-corrected chi connectivity index (χ3v) is 2.76. The average molecular weight is 234 g/mol. The number of amides is 2. The number of benzene rings is 1. The molecule has 1 aromatic carbocycles. The van der Waals surface area contributed by atoms with Crippen molar-refractivity contribution < 1.29 is 14.3 Å². The van der Waals surface area contributed by atoms with E-state index in [1.165, 1.54) is 7.11 Å². The molecule has 1 aromatic rings. The first-order valence-electron chi connectivity index (χ1n) is 5.43. The predicted octanol–water partition coefficient (Wildman–Crippen LogP) is 1.22. The molecule has 1 aliphatic rings. The monoisotopic (exact) mass is 234 g/mol. The van der Waals surface area contributed by atoms with Gasteiger partial charge in [0, 0.05) is 6.54 Å². The second-order valence-corrected chi connectivity index (χ2v) is 3.86. The van der Waals surface area contributed by atoms with Crippen molar-refractivity contribution in [1.29, 1.82) is 0 Å². The zero-order valence-electron chi connectivity index (χ0n) is 9.53. The number of urea groups is 1. The lowest BCUT2D eigenvalue weighted by Gasteiger charge is -2.24. The Balaban J connectivity index is 2.12. The van der Waals surface area contributed by atoms with Crippen molar-refractivity contribution in [3.8, 4) is 0 Å². The van der Waals surface area contributed by atoms with E-state index >= 15 is 0 Å². The molecule has 1 fully saturated rings. The van der Waals surface area contributed by atoms with Crippen LogP contribution in [0.15, 0.2) is 24.3 Å². The maximum atomic E-state index is 11.3. The van der Waals surface area contributed by atoms with Gasteiger partial charge in [-0.25, -0.2) is 9.59 Å². The topological polar surface area (TPSA) is 67.4 Å². The first-order valence-corrected chi connectivity index (χ1v) is 5.43. The fraction of sp³-hybridized carbons (Fsp3) is 0.333. The number of rotatable bonds is 2. The van der Waals surface area contributed by atoms with E-state index < -0.39 is 0 Å². The summed E-state index contributed by atoms with van der Waals surface area (Å²) in [5.74, 6) is -0.356. The molecule has 0 saturated carbocycles. The second-order valence-electron chi connectivity index (χ2n) is 3.86. The molecule has 17 heavy (non-hydrogen) atoms. The zero-order chi connectivity index (χ0) is 12.3. The minimum atomic E-state index is -0.356. The molecule has 1 atom stereocenters. The first kappa shape index (κ1) is 11.4. The highest BCUT2D eigenvalue weighted by Gasteiger charge is 2.19. The van der Waals surface area contributed by atoms with Crippen LogP contribution in [0.1, 0.15) is 28.4 Å². The maximum absolute atomic E-state index is 11.3. The standard InChI is InChI=1S/C12H14N2O3/c1-17-11(15)9-4-2-8(3-5-9)10-6-7-13-12(16)14-10/h2-5,10H,6-7H2,1H3,(H2,13,14,16). The maximum Gasteiger partial charge on any atom is 0.337 e. The van der Waals surface area contributed by atoms with E-state index in [1.807, 2.05) is 12.1 Å². The zero-order valence-corrected chi connectivity index (χ0v) is 9.53. The predicted molar refractivity (Wildman–Crippen MR) is 61.7 cm³/mol. The molecule has 2 N–H and O–H groups in total. The Morgan fingerprint density at radius 2 is 2.06 bits per heavy atom. The van der Waals surface area contributed by atoms with Crippen LogP contribution < -0.4 is 10.6 Å². The number of methoxy groups -OCH3 is 1. The Hall–Kier alpha value is -2.04. The summed E-state index contributed by atoms with van der Waals surface area (Å²) in [6.07, 6.45) is 0.837. The van der Waals surface area contributed by atoms with Crippen LogP contribution >= 0.6 is 0 Å². The number of hydrogen-bond donors (Lipinski definition) is 2. The van der Waals surface area contributed by atoms with Gasteiger partial charge < -0.3 is 15.4 Å². The molecule has 1 saturated heterocycles. The molecule has 0 bridgehead atoms. The third-order valence-electron chi connectivity index (χ3n) is 2.76. The fourth-order valence-electron chi connectivity index (χ4n) is 1.83. The van der Waals surface area contributed by atoms with Gasteiger partial charge in [-0.15, -0.1) is 0 Å². The lowest BCUT2D eigenvalue weighted by Crippen LogP contribution is -2.44. The van der Waals surface area contributed by atoms with Crippen LogP contribution in [0.25, 0.3) is 0 Å². The number of ether oxygens (including phenoxy) is 1. The molecule has 5 heteroatoms. The highest BCUT2D eigenvalue weighted by Crippen LogP contribution is 2.19. The van der Waals surface area contributed by atoms with Gasteiger partial charge in [-0.2, -0.15) is 0 Å². The number of hydrogen-bond acceptors (Lipinski definition) is 3. The third kappa shape index (κ3) is 2.55. The van der Waals surface area contributed by atoms with Crippen molar-refractivity contribution in [3.63, 3.8) is 0 Å². The van der Waals surface area contributed by atoms with Gasteiger partial charge >= 0.3 is 12.0 Å². The summed E-state index contributed by atoms with van der Waals surface area (Å²) in [7, 11) is 1.35. The lowest BCUT2D eigenvalue weighted by atomic mass is 10.0. The summed E-state index contributed by atoms with van der Waals surface area (Å²) in [6, 6.07) is 6.93. The number of carbonyl (C=O) groups is 2. The lowest BCUT2D eigenvalue weighted by molar-refractivity contribution is 0.0600. The smallest absolute Gasteiger partial charge is 0.337 e. The highest BCUT2D eigenvalue weighted by molar-refractivity contribution is 5.89. The minimum Gasteiger partial charge on any atom is -0.465 e. The number of esters is 1. The van der Waals surface area contributed by atoms with Gasteiger partial charge in [0.15, 0.2) is 0 Å². The highest BCUT2D eigenvalue weighted by atomic mass is 16.5. The number of carbonyl (C=O) groups excluding carboxylic acids is 2. The van der Waals surface area contributed by atoms with Crippen LogP contribution in [0.2, 0.25) is 0 Å². The summed E-state index contributed by atoms with van der Waals surface area (Å²) in [5.41, 5.74) is 1.50. The Bertz CT molecular complexity index is 428. The van der Waals surface area contributed by atoms with E-state index in [1.54, 1.807) is 12.1 Å². The van der Waals surface area contributed by atoms with Gasteiger partial charge in [-0.3, -0.25) is 0 Å². The van der Waals surface area contributed by atoms with E-state index in [9.17, 15) is 9.59 Å². The van der Waals surface area contributed by atoms with Gasteiger partial charge in [0.05, 0.1) is 18.7 Å². The van der Waals surface area contributed by atoms with Gasteiger partial charge in [-0.05, 0) is 24.1 Å². The van der Waals surface area contributed by atoms with E-state index in [4.69, 9.17) is 0 Å². The summed E-state index contributed by atoms with van der Waals surface area (Å²) < 4.78 is 4.62. The Kier molecular flexibility index (Phi) is 3.27. The number of nitrogens with one attached hydrogen (secondary N) is 2. The van der Waals surface area contributed by atoms with Crippen LogP contribution in [-0.2, 0) is 4.74 Å². The fourth-order valence-corrected chi connectivity index (χ4v) is 1.83. The van der Waals surface area contributed by atoms with Crippen molar-refractivity contribution in [2.75, 3.05) is 13.7 Å². The molecule has 1 heterocycles. The molecule has 0 aromatic heterocycles. The van der Waals surface area contributed by atoms with Crippen molar-refractivity contribution in [3.05, 3.63) is 35.4 Å². The SMILES string of the molecule is COC(=O)c1ccc(C2CCNC(=O)N2)cc1. The molecule has 0 aliphatic carbocycles. The van der Waals surface area contributed by atoms with Crippen molar-refractivity contribution in [2.45, 2.75) is 12.5 Å². The Labute approximate surface area is 99.2 Å². The second kappa shape index (κ2) is 4.86. The summed E-state index contributed by atoms with van der Waals surface area (Å²) in [4.78, 5) is 22.4. The molecule has 90 valence electrons. The van der Waals surface area contributed by atoms with Crippen molar-refractivity contribution in [1.82, 2.24) is 10.6 Å². The van der Waals surface area contributed by atoms with Gasteiger partial charge in [0.1, 0.15) is 0 Å². The largest absolute Gasteiger partial charge is 0.465 e. The minimum absolute atomic E-state index is 0.00967. The first-order chi connectivity index (χ1) is 8.20. The van der Waals surface area contributed by atoms with Crippen LogP contribution in [0.4, 0.5) is 4.79 Å². The van der Waals surface area contributed by atoms with Crippen LogP contribution in [-0.4, -0.2) is 25.7 Å². The van der Waals surface area contributed by atoms with Crippen LogP contribution in [0, 0.1) is 0 Å². The summed E-state index contributed by atoms with van der Waals surface area (Å²) in [5, 5.41) is 5.53. The molecule has 1 aliphatic heterocycles. The average Bonchev–Trinajstić information content (AvgIpc) is 2.38. The van der Waals surface area contributed by atoms with Gasteiger partial charge in [0.25, 0.3) is 0 Å². The van der Waals surface area contributed by atoms with Gasteiger partial charge in [0.2, 0.25) is 0 Å². The normalized spacial score (nSPS) is 19.1. The molecule has 2 rings (SSSR count). The van der Waals surface area contributed by atoms with E-state index in [2.05, 4.69) is 15.4 Å². The van der Waals surface area contributed by atoms with Crippen molar-refractivity contribution >= 4 is 12.0 Å². The molecular weight excluding hydrogens is 220 g/mol. The van der Waals surface area contributed by atoms with Crippen LogP contribution in [0.5, 0.6) is 0 Å². The molecule has 2 amide bonds. The quantitative estimate of drug-likeness (QED) is 0.756. The molecule has 1 unspecified atom stereocenters. The Morgan fingerprint density at radius 1 is 1.35 bits per heavy atom. The van der Waals surface area contributed by atoms with E-state index in [0.717, 1.165) is 12.0 Å². The molecule has 0 radical (unpaired) electrons. The Morgan fingerprint density at radius 3 is 2.65 bits per heavy atom. The van der Waals surface area contributed by atoms with Crippen LogP contribution in [0.3, 0.4) is 0 Å². The summed E-state index contributed by atoms with van der Waals surface area (Å²) in [6.45, 7) is 0.662. The van der Waals surface area contributed by atoms with E-state index in [-0.39, 0.29) is 18.0 Å². The van der Waals surface area contributed by atoms with Gasteiger partial charge in [-0.1, -0.05) is 12.1 Å². The molecular formula is C12H14N2O3. The van der Waals surface area contributed by atoms with E-state index in [0.29, 0.717) is 12.1 Å². The van der Waals surface area contributed by atoms with Crippen molar-refractivity contribution in [2.24, 2.45) is 0 Å². The summed E-state index contributed by atoms with van der Waals surface area (Å²) >= 11 is 0. The molecule has 5 nitrogen and oxygen atoms in total.